The summed E-state index contributed by atoms with van der Waals surface area (Å²) in [6.07, 6.45) is 1.64. The smallest absolute Gasteiger partial charge is 0.142 e. The van der Waals surface area contributed by atoms with Crippen LogP contribution in [0, 0.1) is 18.3 Å². The molecule has 1 aromatic carbocycles. The molecule has 0 unspecified atom stereocenters. The van der Waals surface area contributed by atoms with Gasteiger partial charge >= 0.3 is 0 Å². The van der Waals surface area contributed by atoms with Gasteiger partial charge in [-0.1, -0.05) is 12.1 Å². The maximum absolute atomic E-state index is 8.90. The van der Waals surface area contributed by atoms with E-state index >= 15 is 0 Å². The van der Waals surface area contributed by atoms with Gasteiger partial charge in [0.15, 0.2) is 0 Å². The fourth-order valence-corrected chi connectivity index (χ4v) is 2.09. The second-order valence-corrected chi connectivity index (χ2v) is 3.99. The number of aryl methyl sites for hydroxylation is 1. The minimum atomic E-state index is 0.407. The van der Waals surface area contributed by atoms with Crippen molar-refractivity contribution in [3.8, 4) is 11.8 Å². The number of benzene rings is 1. The van der Waals surface area contributed by atoms with E-state index in [4.69, 9.17) is 5.26 Å². The molecule has 3 aromatic rings. The molecule has 0 aliphatic rings. The maximum Gasteiger partial charge on any atom is 0.142 e. The molecule has 0 radical (unpaired) electrons. The Bertz CT molecular complexity index is 765. The van der Waals surface area contributed by atoms with E-state index in [1.54, 1.807) is 12.3 Å². The van der Waals surface area contributed by atoms with E-state index in [-0.39, 0.29) is 0 Å². The summed E-state index contributed by atoms with van der Waals surface area (Å²) in [5.41, 5.74) is 3.30. The van der Waals surface area contributed by atoms with Crippen molar-refractivity contribution in [3.05, 3.63) is 54.1 Å². The number of imidazole rings is 1. The normalized spacial score (nSPS) is 10.4. The lowest BCUT2D eigenvalue weighted by Gasteiger charge is -2.06. The molecule has 0 aliphatic heterocycles. The zero-order chi connectivity index (χ0) is 12.5. The highest BCUT2D eigenvalue weighted by Gasteiger charge is 2.08. The second-order valence-electron chi connectivity index (χ2n) is 3.99. The molecule has 0 saturated carbocycles. The minimum absolute atomic E-state index is 0.407. The average molecular weight is 234 g/mol. The van der Waals surface area contributed by atoms with Crippen molar-refractivity contribution in [1.29, 1.82) is 5.26 Å². The predicted octanol–water partition coefficient (Wildman–Crippen LogP) is 2.60. The maximum atomic E-state index is 8.90. The first-order valence-electron chi connectivity index (χ1n) is 5.60. The largest absolute Gasteiger partial charge is 0.296 e. The van der Waals surface area contributed by atoms with Gasteiger partial charge in [-0.05, 0) is 31.2 Å². The summed E-state index contributed by atoms with van der Waals surface area (Å²) < 4.78 is 2.03. The van der Waals surface area contributed by atoms with Gasteiger partial charge in [0.1, 0.15) is 17.6 Å². The van der Waals surface area contributed by atoms with E-state index in [1.807, 2.05) is 41.8 Å². The standard InChI is InChI=1S/C14H10N4/c1-10-17-13-4-2-3-5-14(13)18(10)12-6-7-16-11(8-12)9-15/h2-8H,1H3. The fraction of sp³-hybridized carbons (Fsp3) is 0.0714. The first kappa shape index (κ1) is 10.5. The molecule has 0 bridgehead atoms. The molecule has 2 heterocycles. The van der Waals surface area contributed by atoms with E-state index in [2.05, 4.69) is 16.0 Å². The Balaban J connectivity index is 2.31. The van der Waals surface area contributed by atoms with E-state index in [9.17, 15) is 0 Å². The van der Waals surface area contributed by atoms with Gasteiger partial charge in [-0.15, -0.1) is 0 Å². The second kappa shape index (κ2) is 3.97. The van der Waals surface area contributed by atoms with E-state index in [0.29, 0.717) is 5.69 Å². The molecule has 18 heavy (non-hydrogen) atoms. The lowest BCUT2D eigenvalue weighted by molar-refractivity contribution is 0.993. The molecule has 0 atom stereocenters. The Morgan fingerprint density at radius 2 is 2.06 bits per heavy atom. The van der Waals surface area contributed by atoms with Gasteiger partial charge in [-0.2, -0.15) is 5.26 Å². The van der Waals surface area contributed by atoms with Crippen LogP contribution in [0.25, 0.3) is 16.7 Å². The Morgan fingerprint density at radius 1 is 1.22 bits per heavy atom. The van der Waals surface area contributed by atoms with Gasteiger partial charge in [0.2, 0.25) is 0 Å². The van der Waals surface area contributed by atoms with Crippen molar-refractivity contribution in [2.75, 3.05) is 0 Å². The van der Waals surface area contributed by atoms with Crippen LogP contribution >= 0.6 is 0 Å². The third kappa shape index (κ3) is 1.54. The summed E-state index contributed by atoms with van der Waals surface area (Å²) in [6, 6.07) is 13.6. The van der Waals surface area contributed by atoms with Crippen LogP contribution in [-0.4, -0.2) is 14.5 Å². The molecular weight excluding hydrogens is 224 g/mol. The number of fused-ring (bicyclic) bond motifs is 1. The van der Waals surface area contributed by atoms with Gasteiger partial charge in [0, 0.05) is 6.20 Å². The summed E-state index contributed by atoms with van der Waals surface area (Å²) in [5, 5.41) is 8.90. The Labute approximate surface area is 104 Å². The fourth-order valence-electron chi connectivity index (χ4n) is 2.09. The molecule has 0 fully saturated rings. The van der Waals surface area contributed by atoms with Crippen LogP contribution in [0.2, 0.25) is 0 Å². The first-order chi connectivity index (χ1) is 8.79. The number of pyridine rings is 1. The SMILES string of the molecule is Cc1nc2ccccc2n1-c1ccnc(C#N)c1. The first-order valence-corrected chi connectivity index (χ1v) is 5.60. The van der Waals surface area contributed by atoms with Gasteiger partial charge in [0.25, 0.3) is 0 Å². The van der Waals surface area contributed by atoms with E-state index in [1.165, 1.54) is 0 Å². The summed E-state index contributed by atoms with van der Waals surface area (Å²) in [6.45, 7) is 1.95. The van der Waals surface area contributed by atoms with Crippen molar-refractivity contribution in [1.82, 2.24) is 14.5 Å². The number of rotatable bonds is 1. The van der Waals surface area contributed by atoms with Crippen LogP contribution in [0.3, 0.4) is 0 Å². The van der Waals surface area contributed by atoms with Crippen LogP contribution in [0.5, 0.6) is 0 Å². The van der Waals surface area contributed by atoms with Gasteiger partial charge in [-0.25, -0.2) is 9.97 Å². The average Bonchev–Trinajstić information content (AvgIpc) is 2.74. The summed E-state index contributed by atoms with van der Waals surface area (Å²) in [4.78, 5) is 8.49. The number of nitrogens with zero attached hydrogens (tertiary/aromatic N) is 4. The quantitative estimate of drug-likeness (QED) is 0.650. The third-order valence-corrected chi connectivity index (χ3v) is 2.84. The molecule has 4 heteroatoms. The van der Waals surface area contributed by atoms with Crippen LogP contribution in [0.15, 0.2) is 42.6 Å². The summed E-state index contributed by atoms with van der Waals surface area (Å²) >= 11 is 0. The van der Waals surface area contributed by atoms with Crippen LogP contribution < -0.4 is 0 Å². The number of aromatic nitrogens is 3. The molecule has 0 aliphatic carbocycles. The van der Waals surface area contributed by atoms with Crippen LogP contribution in [0.4, 0.5) is 0 Å². The van der Waals surface area contributed by atoms with Crippen molar-refractivity contribution in [2.24, 2.45) is 0 Å². The Kier molecular flexibility index (Phi) is 2.31. The van der Waals surface area contributed by atoms with E-state index in [0.717, 1.165) is 22.5 Å². The number of hydrogen-bond acceptors (Lipinski definition) is 3. The van der Waals surface area contributed by atoms with Crippen molar-refractivity contribution < 1.29 is 0 Å². The zero-order valence-corrected chi connectivity index (χ0v) is 9.83. The monoisotopic (exact) mass is 234 g/mol. The van der Waals surface area contributed by atoms with Crippen molar-refractivity contribution in [3.63, 3.8) is 0 Å². The van der Waals surface area contributed by atoms with E-state index < -0.39 is 0 Å². The molecule has 0 saturated heterocycles. The number of hydrogen-bond donors (Lipinski definition) is 0. The molecular formula is C14H10N4. The van der Waals surface area contributed by atoms with Crippen molar-refractivity contribution in [2.45, 2.75) is 6.92 Å². The highest BCUT2D eigenvalue weighted by Crippen LogP contribution is 2.20. The molecule has 0 N–H and O–H groups in total. The van der Waals surface area contributed by atoms with Crippen LogP contribution in [-0.2, 0) is 0 Å². The van der Waals surface area contributed by atoms with Gasteiger partial charge in [0.05, 0.1) is 16.7 Å². The Morgan fingerprint density at radius 3 is 2.89 bits per heavy atom. The summed E-state index contributed by atoms with van der Waals surface area (Å²) in [7, 11) is 0. The number of nitriles is 1. The summed E-state index contributed by atoms with van der Waals surface area (Å²) in [5.74, 6) is 0.895. The lowest BCUT2D eigenvalue weighted by Crippen LogP contribution is -1.98. The predicted molar refractivity (Wildman–Crippen MR) is 68.3 cm³/mol. The molecule has 4 nitrogen and oxygen atoms in total. The van der Waals surface area contributed by atoms with Gasteiger partial charge in [-0.3, -0.25) is 4.57 Å². The lowest BCUT2D eigenvalue weighted by atomic mass is 10.3. The molecule has 3 rings (SSSR count). The number of para-hydroxylation sites is 2. The van der Waals surface area contributed by atoms with Gasteiger partial charge < -0.3 is 0 Å². The zero-order valence-electron chi connectivity index (χ0n) is 9.83. The highest BCUT2D eigenvalue weighted by molar-refractivity contribution is 5.78. The third-order valence-electron chi connectivity index (χ3n) is 2.84. The molecule has 0 amide bonds. The Hall–Kier alpha value is -2.67. The van der Waals surface area contributed by atoms with Crippen molar-refractivity contribution >= 4 is 11.0 Å². The molecule has 86 valence electrons. The topological polar surface area (TPSA) is 54.5 Å². The highest BCUT2D eigenvalue weighted by atomic mass is 15.1. The molecule has 2 aromatic heterocycles. The minimum Gasteiger partial charge on any atom is -0.296 e. The molecule has 0 spiro atoms. The van der Waals surface area contributed by atoms with Crippen LogP contribution in [0.1, 0.15) is 11.5 Å².